The van der Waals surface area contributed by atoms with Crippen molar-refractivity contribution in [3.63, 3.8) is 0 Å². The quantitative estimate of drug-likeness (QED) is 0.586. The molecule has 1 aliphatic carbocycles. The number of nitro groups is 1. The van der Waals surface area contributed by atoms with Crippen LogP contribution in [-0.4, -0.2) is 47.2 Å². The number of anilines is 1. The van der Waals surface area contributed by atoms with Gasteiger partial charge in [-0.15, -0.1) is 0 Å². The van der Waals surface area contributed by atoms with Crippen LogP contribution in [0.15, 0.2) is 18.2 Å². The molecular weight excluding hydrogens is 346 g/mol. The summed E-state index contributed by atoms with van der Waals surface area (Å²) in [6.45, 7) is 6.53. The van der Waals surface area contributed by atoms with Gasteiger partial charge in [-0.25, -0.2) is 4.79 Å². The molecule has 1 fully saturated rings. The number of benzene rings is 1. The van der Waals surface area contributed by atoms with E-state index >= 15 is 0 Å². The Labute approximate surface area is 160 Å². The maximum Gasteiger partial charge on any atom is 0.410 e. The molecule has 0 unspecified atom stereocenters. The molecule has 148 valence electrons. The molecule has 0 aromatic heterocycles. The molecule has 0 radical (unpaired) electrons. The number of non-ortho nitro benzene ring substituents is 1. The predicted octanol–water partition coefficient (Wildman–Crippen LogP) is 4.14. The molecule has 1 saturated carbocycles. The largest absolute Gasteiger partial charge is 0.444 e. The fourth-order valence-electron chi connectivity index (χ4n) is 4.13. The fourth-order valence-corrected chi connectivity index (χ4v) is 4.13. The zero-order valence-electron chi connectivity index (χ0n) is 16.6. The highest BCUT2D eigenvalue weighted by molar-refractivity contribution is 5.68. The summed E-state index contributed by atoms with van der Waals surface area (Å²) in [5.74, 6) is 0. The van der Waals surface area contributed by atoms with Gasteiger partial charge in [0.1, 0.15) is 5.60 Å². The molecule has 0 N–H and O–H groups in total. The van der Waals surface area contributed by atoms with Crippen molar-refractivity contribution in [2.45, 2.75) is 70.6 Å². The molecule has 1 amide bonds. The molecule has 7 heteroatoms. The highest BCUT2D eigenvalue weighted by atomic mass is 16.6. The second-order valence-corrected chi connectivity index (χ2v) is 8.57. The summed E-state index contributed by atoms with van der Waals surface area (Å²) < 4.78 is 5.47. The van der Waals surface area contributed by atoms with E-state index in [-0.39, 0.29) is 22.7 Å². The normalized spacial score (nSPS) is 22.3. The zero-order valence-corrected chi connectivity index (χ0v) is 16.6. The Kier molecular flexibility index (Phi) is 5.31. The van der Waals surface area contributed by atoms with Gasteiger partial charge in [0.2, 0.25) is 0 Å². The SMILES string of the molecule is CN(C(=O)OC(C)(C)C)C1CCC(N2CCc3ccc([N+](=O)[O-])cc32)CC1. The minimum absolute atomic E-state index is 0.152. The van der Waals surface area contributed by atoms with Crippen LogP contribution in [0.1, 0.15) is 52.0 Å². The van der Waals surface area contributed by atoms with E-state index in [4.69, 9.17) is 4.74 Å². The lowest BCUT2D eigenvalue weighted by Gasteiger charge is -2.39. The number of fused-ring (bicyclic) bond motifs is 1. The van der Waals surface area contributed by atoms with E-state index in [1.54, 1.807) is 17.0 Å². The molecule has 1 aromatic rings. The number of carbonyl (C=O) groups is 1. The summed E-state index contributed by atoms with van der Waals surface area (Å²) in [7, 11) is 1.81. The molecule has 0 saturated heterocycles. The Balaban J connectivity index is 1.62. The smallest absolute Gasteiger partial charge is 0.410 e. The summed E-state index contributed by atoms with van der Waals surface area (Å²) in [4.78, 5) is 27.1. The van der Waals surface area contributed by atoms with E-state index in [1.165, 1.54) is 5.56 Å². The molecule has 0 atom stereocenters. The number of nitrogens with zero attached hydrogens (tertiary/aromatic N) is 3. The van der Waals surface area contributed by atoms with Crippen molar-refractivity contribution in [2.75, 3.05) is 18.5 Å². The van der Waals surface area contributed by atoms with Crippen LogP contribution in [-0.2, 0) is 11.2 Å². The summed E-state index contributed by atoms with van der Waals surface area (Å²) in [5.41, 5.74) is 1.86. The molecule has 7 nitrogen and oxygen atoms in total. The number of ether oxygens (including phenoxy) is 1. The van der Waals surface area contributed by atoms with Gasteiger partial charge < -0.3 is 14.5 Å². The van der Waals surface area contributed by atoms with E-state index in [0.29, 0.717) is 6.04 Å². The lowest BCUT2D eigenvalue weighted by molar-refractivity contribution is -0.384. The number of hydrogen-bond acceptors (Lipinski definition) is 5. The van der Waals surface area contributed by atoms with Gasteiger partial charge >= 0.3 is 6.09 Å². The second kappa shape index (κ2) is 7.37. The van der Waals surface area contributed by atoms with Crippen molar-refractivity contribution in [1.82, 2.24) is 4.90 Å². The van der Waals surface area contributed by atoms with Crippen molar-refractivity contribution in [3.8, 4) is 0 Å². The van der Waals surface area contributed by atoms with Crippen molar-refractivity contribution in [2.24, 2.45) is 0 Å². The topological polar surface area (TPSA) is 75.9 Å². The molecule has 1 heterocycles. The van der Waals surface area contributed by atoms with Crippen LogP contribution in [0.4, 0.5) is 16.2 Å². The first-order valence-electron chi connectivity index (χ1n) is 9.65. The van der Waals surface area contributed by atoms with Crippen LogP contribution in [0.25, 0.3) is 0 Å². The van der Waals surface area contributed by atoms with Crippen LogP contribution in [0, 0.1) is 10.1 Å². The van der Waals surface area contributed by atoms with Crippen molar-refractivity contribution >= 4 is 17.5 Å². The molecule has 2 aliphatic rings. The fraction of sp³-hybridized carbons (Fsp3) is 0.650. The second-order valence-electron chi connectivity index (χ2n) is 8.57. The molecule has 27 heavy (non-hydrogen) atoms. The summed E-state index contributed by atoms with van der Waals surface area (Å²) in [6.07, 6.45) is 4.45. The minimum Gasteiger partial charge on any atom is -0.444 e. The Morgan fingerprint density at radius 3 is 2.52 bits per heavy atom. The highest BCUT2D eigenvalue weighted by Crippen LogP contribution is 2.37. The molecule has 3 rings (SSSR count). The van der Waals surface area contributed by atoms with E-state index in [0.717, 1.165) is 44.3 Å². The lowest BCUT2D eigenvalue weighted by atomic mass is 9.89. The third-order valence-electron chi connectivity index (χ3n) is 5.55. The van der Waals surface area contributed by atoms with Gasteiger partial charge in [0.05, 0.1) is 4.92 Å². The Morgan fingerprint density at radius 2 is 1.93 bits per heavy atom. The van der Waals surface area contributed by atoms with Crippen LogP contribution in [0.5, 0.6) is 0 Å². The maximum atomic E-state index is 12.3. The van der Waals surface area contributed by atoms with Crippen molar-refractivity contribution in [3.05, 3.63) is 33.9 Å². The van der Waals surface area contributed by atoms with Gasteiger partial charge in [0, 0.05) is 43.5 Å². The average molecular weight is 375 g/mol. The van der Waals surface area contributed by atoms with Crippen LogP contribution < -0.4 is 4.90 Å². The first-order valence-corrected chi connectivity index (χ1v) is 9.65. The van der Waals surface area contributed by atoms with Crippen LogP contribution >= 0.6 is 0 Å². The predicted molar refractivity (Wildman–Crippen MR) is 104 cm³/mol. The van der Waals surface area contributed by atoms with Gasteiger partial charge in [-0.2, -0.15) is 0 Å². The Bertz CT molecular complexity index is 720. The van der Waals surface area contributed by atoms with E-state index < -0.39 is 5.60 Å². The van der Waals surface area contributed by atoms with E-state index in [9.17, 15) is 14.9 Å². The Hall–Kier alpha value is -2.31. The van der Waals surface area contributed by atoms with Crippen molar-refractivity contribution in [1.29, 1.82) is 0 Å². The first kappa shape index (κ1) is 19.5. The number of amides is 1. The van der Waals surface area contributed by atoms with Gasteiger partial charge in [0.25, 0.3) is 5.69 Å². The third-order valence-corrected chi connectivity index (χ3v) is 5.55. The number of rotatable bonds is 3. The van der Waals surface area contributed by atoms with Crippen LogP contribution in [0.3, 0.4) is 0 Å². The average Bonchev–Trinajstić information content (AvgIpc) is 3.02. The maximum absolute atomic E-state index is 12.3. The molecule has 1 aromatic carbocycles. The summed E-state index contributed by atoms with van der Waals surface area (Å²) in [5, 5.41) is 11.1. The summed E-state index contributed by atoms with van der Waals surface area (Å²) >= 11 is 0. The molecule has 0 spiro atoms. The zero-order chi connectivity index (χ0) is 19.8. The van der Waals surface area contributed by atoms with E-state index in [2.05, 4.69) is 4.90 Å². The van der Waals surface area contributed by atoms with Gasteiger partial charge in [-0.05, 0) is 58.4 Å². The van der Waals surface area contributed by atoms with Gasteiger partial charge in [-0.3, -0.25) is 10.1 Å². The third kappa shape index (κ3) is 4.34. The van der Waals surface area contributed by atoms with Gasteiger partial charge in [0.15, 0.2) is 0 Å². The summed E-state index contributed by atoms with van der Waals surface area (Å²) in [6, 6.07) is 5.74. The Morgan fingerprint density at radius 1 is 1.26 bits per heavy atom. The molecule has 1 aliphatic heterocycles. The number of nitro benzene ring substituents is 1. The number of hydrogen-bond donors (Lipinski definition) is 0. The van der Waals surface area contributed by atoms with Crippen molar-refractivity contribution < 1.29 is 14.5 Å². The number of carbonyl (C=O) groups excluding carboxylic acids is 1. The minimum atomic E-state index is -0.490. The van der Waals surface area contributed by atoms with Gasteiger partial charge in [-0.1, -0.05) is 6.07 Å². The molecule has 0 bridgehead atoms. The van der Waals surface area contributed by atoms with Crippen LogP contribution in [0.2, 0.25) is 0 Å². The lowest BCUT2D eigenvalue weighted by Crippen LogP contribution is -2.45. The molecular formula is C20H29N3O4. The highest BCUT2D eigenvalue weighted by Gasteiger charge is 2.34. The first-order chi connectivity index (χ1) is 12.7. The standard InChI is InChI=1S/C20H29N3O4/c1-20(2,3)27-19(24)21(4)15-7-9-16(10-8-15)22-12-11-14-5-6-17(23(25)26)13-18(14)22/h5-6,13,15-16H,7-12H2,1-4H3. The van der Waals surface area contributed by atoms with E-state index in [1.807, 2.05) is 33.9 Å². The monoisotopic (exact) mass is 375 g/mol.